The first kappa shape index (κ1) is 22.9. The molecule has 180 valence electrons. The maximum Gasteiger partial charge on any atom is 0.410 e. The van der Waals surface area contributed by atoms with Crippen LogP contribution in [0.3, 0.4) is 0 Å². The van der Waals surface area contributed by atoms with Crippen molar-refractivity contribution in [1.82, 2.24) is 9.80 Å². The van der Waals surface area contributed by atoms with Gasteiger partial charge in [-0.2, -0.15) is 0 Å². The molecule has 0 N–H and O–H groups in total. The second-order valence-corrected chi connectivity index (χ2v) is 11.1. The lowest BCUT2D eigenvalue weighted by Gasteiger charge is -2.47. The molecule has 0 aliphatic carbocycles. The van der Waals surface area contributed by atoms with Crippen LogP contribution >= 0.6 is 0 Å². The minimum atomic E-state index is -0.455. The fourth-order valence-corrected chi connectivity index (χ4v) is 5.87. The van der Waals surface area contributed by atoms with Crippen LogP contribution in [0.4, 0.5) is 4.79 Å². The minimum absolute atomic E-state index is 0.166. The van der Waals surface area contributed by atoms with E-state index in [9.17, 15) is 4.79 Å². The third-order valence-corrected chi connectivity index (χ3v) is 7.56. The van der Waals surface area contributed by atoms with Crippen molar-refractivity contribution in [1.29, 1.82) is 0 Å². The maximum absolute atomic E-state index is 12.3. The number of amides is 1. The van der Waals surface area contributed by atoms with E-state index in [1.165, 1.54) is 29.5 Å². The summed E-state index contributed by atoms with van der Waals surface area (Å²) >= 11 is 0. The van der Waals surface area contributed by atoms with Crippen LogP contribution in [0.2, 0.25) is 0 Å². The summed E-state index contributed by atoms with van der Waals surface area (Å²) in [5.41, 5.74) is 3.77. The predicted molar refractivity (Wildman–Crippen MR) is 128 cm³/mol. The van der Waals surface area contributed by atoms with E-state index >= 15 is 0 Å². The molecule has 5 rings (SSSR count). The molecule has 0 radical (unpaired) electrons. The molecule has 1 amide bonds. The molecule has 3 fully saturated rings. The third-order valence-electron chi connectivity index (χ3n) is 7.56. The third kappa shape index (κ3) is 4.98. The Morgan fingerprint density at radius 1 is 1.15 bits per heavy atom. The van der Waals surface area contributed by atoms with Crippen molar-refractivity contribution in [2.24, 2.45) is 0 Å². The summed E-state index contributed by atoms with van der Waals surface area (Å²) in [6, 6.07) is 9.44. The van der Waals surface area contributed by atoms with Gasteiger partial charge in [-0.3, -0.25) is 4.90 Å². The van der Waals surface area contributed by atoms with Crippen LogP contribution < -0.4 is 0 Å². The molecule has 0 saturated carbocycles. The van der Waals surface area contributed by atoms with Crippen LogP contribution in [0, 0.1) is 0 Å². The molecule has 6 heteroatoms. The Bertz CT molecular complexity index is 892. The SMILES string of the molecule is CC(C)(C)OC(=O)N1CC2(C[C@H](N3CCC(c4ccccc4C4=CCOCC4)CC3)CO2)C1. The topological polar surface area (TPSA) is 51.2 Å². The van der Waals surface area contributed by atoms with Crippen molar-refractivity contribution in [2.75, 3.05) is 46.0 Å². The molecule has 1 aromatic rings. The van der Waals surface area contributed by atoms with Crippen molar-refractivity contribution in [2.45, 2.75) is 69.6 Å². The van der Waals surface area contributed by atoms with E-state index < -0.39 is 5.60 Å². The molecule has 4 aliphatic rings. The largest absolute Gasteiger partial charge is 0.444 e. The van der Waals surface area contributed by atoms with Gasteiger partial charge in [0.25, 0.3) is 0 Å². The number of ether oxygens (including phenoxy) is 3. The van der Waals surface area contributed by atoms with Gasteiger partial charge in [-0.15, -0.1) is 0 Å². The fraction of sp³-hybridized carbons (Fsp3) is 0.667. The summed E-state index contributed by atoms with van der Waals surface area (Å²) < 4.78 is 17.3. The van der Waals surface area contributed by atoms with Crippen LogP contribution in [0.1, 0.15) is 63.5 Å². The minimum Gasteiger partial charge on any atom is -0.444 e. The molecule has 0 unspecified atom stereocenters. The number of carbonyl (C=O) groups is 1. The number of carbonyl (C=O) groups excluding carboxylic acids is 1. The molecule has 3 saturated heterocycles. The number of rotatable bonds is 3. The van der Waals surface area contributed by atoms with E-state index in [1.54, 1.807) is 4.90 Å². The maximum atomic E-state index is 12.3. The molecular formula is C27H38N2O4. The summed E-state index contributed by atoms with van der Waals surface area (Å²) in [4.78, 5) is 16.7. The van der Waals surface area contributed by atoms with E-state index in [-0.39, 0.29) is 11.7 Å². The normalized spacial score (nSPS) is 26.2. The van der Waals surface area contributed by atoms with E-state index in [1.807, 2.05) is 20.8 Å². The Kier molecular flexibility index (Phi) is 6.27. The molecule has 0 aromatic heterocycles. The highest BCUT2D eigenvalue weighted by Crippen LogP contribution is 2.40. The first-order valence-electron chi connectivity index (χ1n) is 12.5. The van der Waals surface area contributed by atoms with E-state index in [4.69, 9.17) is 14.2 Å². The Morgan fingerprint density at radius 2 is 1.91 bits per heavy atom. The zero-order valence-corrected chi connectivity index (χ0v) is 20.3. The lowest BCUT2D eigenvalue weighted by molar-refractivity contribution is -0.109. The smallest absolute Gasteiger partial charge is 0.410 e. The van der Waals surface area contributed by atoms with Crippen LogP contribution in [0.25, 0.3) is 5.57 Å². The summed E-state index contributed by atoms with van der Waals surface area (Å²) in [7, 11) is 0. The number of benzene rings is 1. The van der Waals surface area contributed by atoms with Crippen LogP contribution in [0.5, 0.6) is 0 Å². The van der Waals surface area contributed by atoms with E-state index in [0.29, 0.717) is 25.0 Å². The summed E-state index contributed by atoms with van der Waals surface area (Å²) in [6.07, 6.45) is 6.44. The lowest BCUT2D eigenvalue weighted by Crippen LogP contribution is -2.64. The van der Waals surface area contributed by atoms with Gasteiger partial charge in [-0.25, -0.2) is 4.79 Å². The molecule has 4 aliphatic heterocycles. The van der Waals surface area contributed by atoms with E-state index in [2.05, 4.69) is 35.2 Å². The highest BCUT2D eigenvalue weighted by Gasteiger charge is 2.53. The van der Waals surface area contributed by atoms with Gasteiger partial charge in [0.15, 0.2) is 0 Å². The van der Waals surface area contributed by atoms with Crippen molar-refractivity contribution in [3.8, 4) is 0 Å². The zero-order valence-electron chi connectivity index (χ0n) is 20.3. The van der Waals surface area contributed by atoms with E-state index in [0.717, 1.165) is 45.8 Å². The lowest BCUT2D eigenvalue weighted by atomic mass is 9.82. The van der Waals surface area contributed by atoms with Gasteiger partial charge in [0.2, 0.25) is 0 Å². The molecule has 33 heavy (non-hydrogen) atoms. The Balaban J connectivity index is 1.14. The van der Waals surface area contributed by atoms with Gasteiger partial charge in [0, 0.05) is 6.04 Å². The molecular weight excluding hydrogens is 416 g/mol. The Labute approximate surface area is 197 Å². The summed E-state index contributed by atoms with van der Waals surface area (Å²) in [5, 5.41) is 0. The van der Waals surface area contributed by atoms with Crippen molar-refractivity contribution >= 4 is 11.7 Å². The molecule has 1 aromatic carbocycles. The highest BCUT2D eigenvalue weighted by molar-refractivity contribution is 5.70. The average Bonchev–Trinajstić information content (AvgIpc) is 3.24. The fourth-order valence-electron chi connectivity index (χ4n) is 5.87. The molecule has 1 spiro atoms. The molecule has 4 heterocycles. The Hall–Kier alpha value is -1.89. The average molecular weight is 455 g/mol. The standard InChI is InChI=1S/C27H38N2O4/c1-26(2,3)33-25(30)29-18-27(19-29)16-22(17-32-27)28-12-8-20(9-13-28)23-6-4-5-7-24(23)21-10-14-31-15-11-21/h4-7,10,20,22H,8-9,11-19H2,1-3H3/t22-/m0/s1. The van der Waals surface area contributed by atoms with Crippen LogP contribution in [0.15, 0.2) is 30.3 Å². The van der Waals surface area contributed by atoms with Gasteiger partial charge in [0.1, 0.15) is 11.2 Å². The van der Waals surface area contributed by atoms with Gasteiger partial charge in [0.05, 0.1) is 32.9 Å². The van der Waals surface area contributed by atoms with Gasteiger partial charge in [-0.05, 0) is 82.2 Å². The number of hydrogen-bond donors (Lipinski definition) is 0. The highest BCUT2D eigenvalue weighted by atomic mass is 16.6. The van der Waals surface area contributed by atoms with Crippen molar-refractivity contribution in [3.63, 3.8) is 0 Å². The molecule has 0 bridgehead atoms. The first-order valence-corrected chi connectivity index (χ1v) is 12.5. The monoisotopic (exact) mass is 454 g/mol. The van der Waals surface area contributed by atoms with Crippen LogP contribution in [-0.4, -0.2) is 79.1 Å². The number of nitrogens with zero attached hydrogens (tertiary/aromatic N) is 2. The summed E-state index contributed by atoms with van der Waals surface area (Å²) in [5.74, 6) is 0.615. The molecule has 6 nitrogen and oxygen atoms in total. The Morgan fingerprint density at radius 3 is 2.61 bits per heavy atom. The second kappa shape index (κ2) is 9.05. The molecule has 1 atom stereocenters. The zero-order chi connectivity index (χ0) is 23.1. The van der Waals surface area contributed by atoms with Gasteiger partial charge >= 0.3 is 6.09 Å². The van der Waals surface area contributed by atoms with Gasteiger partial charge in [-0.1, -0.05) is 30.3 Å². The second-order valence-electron chi connectivity index (χ2n) is 11.1. The van der Waals surface area contributed by atoms with Crippen molar-refractivity contribution in [3.05, 3.63) is 41.5 Å². The van der Waals surface area contributed by atoms with Gasteiger partial charge < -0.3 is 19.1 Å². The first-order chi connectivity index (χ1) is 15.8. The van der Waals surface area contributed by atoms with Crippen molar-refractivity contribution < 1.29 is 19.0 Å². The van der Waals surface area contributed by atoms with Crippen LogP contribution in [-0.2, 0) is 14.2 Å². The quantitative estimate of drug-likeness (QED) is 0.676. The number of likely N-dealkylation sites (tertiary alicyclic amines) is 2. The summed E-state index contributed by atoms with van der Waals surface area (Å²) in [6.45, 7) is 11.6. The number of piperidine rings is 1. The number of hydrogen-bond acceptors (Lipinski definition) is 5. The predicted octanol–water partition coefficient (Wildman–Crippen LogP) is 4.45.